The van der Waals surface area contributed by atoms with Gasteiger partial charge >= 0.3 is 0 Å². The van der Waals surface area contributed by atoms with Gasteiger partial charge in [-0.15, -0.1) is 0 Å². The molecule has 0 aromatic carbocycles. The number of anilines is 1. The second kappa shape index (κ2) is 4.55. The number of hydrogen-bond acceptors (Lipinski definition) is 5. The molecule has 0 aliphatic heterocycles. The van der Waals surface area contributed by atoms with Crippen LogP contribution in [-0.4, -0.2) is 34.2 Å². The summed E-state index contributed by atoms with van der Waals surface area (Å²) in [4.78, 5) is 11.7. The van der Waals surface area contributed by atoms with Crippen LogP contribution in [0.4, 0.5) is 5.95 Å². The highest BCUT2D eigenvalue weighted by molar-refractivity contribution is 6.31. The molecular formula is C10H14Cl2N4O. The van der Waals surface area contributed by atoms with Gasteiger partial charge in [0.05, 0.1) is 6.10 Å². The van der Waals surface area contributed by atoms with Gasteiger partial charge in [0.1, 0.15) is 0 Å². The van der Waals surface area contributed by atoms with Crippen molar-refractivity contribution in [3.63, 3.8) is 0 Å². The largest absolute Gasteiger partial charge is 0.381 e. The molecule has 17 heavy (non-hydrogen) atoms. The Bertz CT molecular complexity index is 407. The van der Waals surface area contributed by atoms with Crippen LogP contribution in [0.5, 0.6) is 0 Å². The van der Waals surface area contributed by atoms with Crippen molar-refractivity contribution in [3.8, 4) is 0 Å². The fraction of sp³-hybridized carbons (Fsp3) is 0.700. The molecule has 94 valence electrons. The zero-order valence-electron chi connectivity index (χ0n) is 9.87. The summed E-state index contributed by atoms with van der Waals surface area (Å²) in [6.07, 6.45) is 1.15. The van der Waals surface area contributed by atoms with Crippen molar-refractivity contribution in [1.82, 2.24) is 15.0 Å². The van der Waals surface area contributed by atoms with Crippen LogP contribution in [0.1, 0.15) is 20.3 Å². The Morgan fingerprint density at radius 1 is 1.24 bits per heavy atom. The van der Waals surface area contributed by atoms with Gasteiger partial charge in [0.25, 0.3) is 0 Å². The van der Waals surface area contributed by atoms with Crippen LogP contribution in [0.2, 0.25) is 10.6 Å². The number of ether oxygens (including phenoxy) is 1. The van der Waals surface area contributed by atoms with E-state index in [9.17, 15) is 0 Å². The lowest BCUT2D eigenvalue weighted by molar-refractivity contribution is -0.0796. The molecule has 1 aromatic heterocycles. The van der Waals surface area contributed by atoms with Crippen LogP contribution in [0.25, 0.3) is 0 Å². The Balaban J connectivity index is 2.08. The van der Waals surface area contributed by atoms with E-state index in [1.54, 1.807) is 7.11 Å². The summed E-state index contributed by atoms with van der Waals surface area (Å²) >= 11 is 11.4. The van der Waals surface area contributed by atoms with Gasteiger partial charge in [0.15, 0.2) is 0 Å². The highest BCUT2D eigenvalue weighted by atomic mass is 35.5. The lowest BCUT2D eigenvalue weighted by Crippen LogP contribution is -2.57. The first kappa shape index (κ1) is 12.8. The number of aromatic nitrogens is 3. The molecular weight excluding hydrogens is 263 g/mol. The van der Waals surface area contributed by atoms with Gasteiger partial charge in [-0.2, -0.15) is 15.0 Å². The first-order chi connectivity index (χ1) is 7.93. The molecule has 1 aromatic rings. The summed E-state index contributed by atoms with van der Waals surface area (Å²) in [6.45, 7) is 4.26. The van der Waals surface area contributed by atoms with Gasteiger partial charge in [-0.25, -0.2) is 0 Å². The summed E-state index contributed by atoms with van der Waals surface area (Å²) in [5.74, 6) is 0.405. The maximum atomic E-state index is 5.71. The normalized spacial score (nSPS) is 26.4. The number of nitrogens with zero attached hydrogens (tertiary/aromatic N) is 3. The number of hydrogen-bond donors (Lipinski definition) is 1. The minimum Gasteiger partial charge on any atom is -0.381 e. The van der Waals surface area contributed by atoms with Crippen molar-refractivity contribution >= 4 is 29.2 Å². The third kappa shape index (κ3) is 2.46. The van der Waals surface area contributed by atoms with Crippen molar-refractivity contribution < 1.29 is 4.74 Å². The highest BCUT2D eigenvalue weighted by Gasteiger charge is 2.48. The van der Waals surface area contributed by atoms with Crippen LogP contribution < -0.4 is 5.32 Å². The van der Waals surface area contributed by atoms with E-state index in [4.69, 9.17) is 27.9 Å². The van der Waals surface area contributed by atoms with Crippen molar-refractivity contribution in [2.45, 2.75) is 32.4 Å². The molecule has 7 heteroatoms. The lowest BCUT2D eigenvalue weighted by atomic mass is 9.64. The predicted octanol–water partition coefficient (Wildman–Crippen LogP) is 2.40. The molecule has 0 bridgehead atoms. The Labute approximate surface area is 110 Å². The van der Waals surface area contributed by atoms with Gasteiger partial charge in [-0.1, -0.05) is 13.8 Å². The smallest absolute Gasteiger partial charge is 0.228 e. The van der Waals surface area contributed by atoms with Crippen molar-refractivity contribution in [2.75, 3.05) is 12.4 Å². The average molecular weight is 277 g/mol. The molecule has 0 radical (unpaired) electrons. The van der Waals surface area contributed by atoms with E-state index in [0.717, 1.165) is 6.42 Å². The number of rotatable bonds is 3. The molecule has 0 saturated heterocycles. The maximum absolute atomic E-state index is 5.71. The molecule has 1 N–H and O–H groups in total. The standard InChI is InChI=1S/C10H14Cl2N4O/c1-10(2)5(4-6(10)17-3)13-9-15-7(11)14-8(12)16-9/h5-6H,4H2,1-3H3,(H,13,14,15,16). The van der Waals surface area contributed by atoms with Crippen LogP contribution in [0.15, 0.2) is 0 Å². The van der Waals surface area contributed by atoms with Gasteiger partial charge in [0, 0.05) is 18.6 Å². The summed E-state index contributed by atoms with van der Waals surface area (Å²) in [5, 5.41) is 3.38. The molecule has 1 aliphatic rings. The number of methoxy groups -OCH3 is 1. The highest BCUT2D eigenvalue weighted by Crippen LogP contribution is 2.43. The topological polar surface area (TPSA) is 59.9 Å². The minimum atomic E-state index is 0.0281. The first-order valence-corrected chi connectivity index (χ1v) is 6.05. The molecule has 2 atom stereocenters. The second-order valence-electron chi connectivity index (χ2n) is 4.68. The SMILES string of the molecule is COC1CC(Nc2nc(Cl)nc(Cl)n2)C1(C)C. The third-order valence-corrected chi connectivity index (χ3v) is 3.68. The van der Waals surface area contributed by atoms with E-state index < -0.39 is 0 Å². The maximum Gasteiger partial charge on any atom is 0.228 e. The Kier molecular flexibility index (Phi) is 3.43. The predicted molar refractivity (Wildman–Crippen MR) is 66.5 cm³/mol. The van der Waals surface area contributed by atoms with Gasteiger partial charge in [-0.3, -0.25) is 0 Å². The fourth-order valence-electron chi connectivity index (χ4n) is 2.08. The van der Waals surface area contributed by atoms with E-state index in [1.165, 1.54) is 0 Å². The van der Waals surface area contributed by atoms with E-state index in [1.807, 2.05) is 0 Å². The molecule has 1 saturated carbocycles. The van der Waals surface area contributed by atoms with Crippen molar-refractivity contribution in [3.05, 3.63) is 10.6 Å². The fourth-order valence-corrected chi connectivity index (χ4v) is 2.44. The van der Waals surface area contributed by atoms with E-state index in [0.29, 0.717) is 5.95 Å². The van der Waals surface area contributed by atoms with Crippen LogP contribution in [-0.2, 0) is 4.74 Å². The van der Waals surface area contributed by atoms with Crippen LogP contribution in [0, 0.1) is 5.41 Å². The molecule has 0 spiro atoms. The van der Waals surface area contributed by atoms with Gasteiger partial charge in [-0.05, 0) is 29.6 Å². The molecule has 2 rings (SSSR count). The minimum absolute atomic E-state index is 0.0281. The van der Waals surface area contributed by atoms with Crippen molar-refractivity contribution in [1.29, 1.82) is 0 Å². The Morgan fingerprint density at radius 2 is 1.82 bits per heavy atom. The Hall–Kier alpha value is -0.650. The monoisotopic (exact) mass is 276 g/mol. The summed E-state index contributed by atoms with van der Waals surface area (Å²) in [7, 11) is 1.72. The molecule has 2 unspecified atom stereocenters. The quantitative estimate of drug-likeness (QED) is 0.919. The molecule has 1 aliphatic carbocycles. The molecule has 1 fully saturated rings. The zero-order valence-corrected chi connectivity index (χ0v) is 11.4. The third-order valence-electron chi connectivity index (χ3n) is 3.35. The molecule has 5 nitrogen and oxygen atoms in total. The molecule has 0 amide bonds. The summed E-state index contributed by atoms with van der Waals surface area (Å²) in [5.41, 5.74) is 0.0281. The van der Waals surface area contributed by atoms with Crippen molar-refractivity contribution in [2.24, 2.45) is 5.41 Å². The van der Waals surface area contributed by atoms with Gasteiger partial charge < -0.3 is 10.1 Å². The van der Waals surface area contributed by atoms with Crippen LogP contribution >= 0.6 is 23.2 Å². The summed E-state index contributed by atoms with van der Waals surface area (Å²) < 4.78 is 5.37. The average Bonchev–Trinajstić information content (AvgIpc) is 2.22. The second-order valence-corrected chi connectivity index (χ2v) is 5.35. The number of halogens is 2. The Morgan fingerprint density at radius 3 is 2.29 bits per heavy atom. The van der Waals surface area contributed by atoms with E-state index in [-0.39, 0.29) is 28.1 Å². The number of nitrogens with one attached hydrogen (secondary N) is 1. The van der Waals surface area contributed by atoms with E-state index in [2.05, 4.69) is 34.1 Å². The molecule has 1 heterocycles. The zero-order chi connectivity index (χ0) is 12.6. The van der Waals surface area contributed by atoms with Gasteiger partial charge in [0.2, 0.25) is 16.5 Å². The summed E-state index contributed by atoms with van der Waals surface area (Å²) in [6, 6.07) is 0.238. The van der Waals surface area contributed by atoms with Crippen LogP contribution in [0.3, 0.4) is 0 Å². The lowest BCUT2D eigenvalue weighted by Gasteiger charge is -2.51. The van der Waals surface area contributed by atoms with E-state index >= 15 is 0 Å². The first-order valence-electron chi connectivity index (χ1n) is 5.30.